The second-order valence-corrected chi connectivity index (χ2v) is 4.46. The Balaban J connectivity index is 0.00000112. The molecular weight excluding hydrogens is 360 g/mol. The van der Waals surface area contributed by atoms with Crippen LogP contribution in [0.1, 0.15) is 18.1 Å². The van der Waals surface area contributed by atoms with Gasteiger partial charge in [0.2, 0.25) is 0 Å². The first-order chi connectivity index (χ1) is 6.63. The molecule has 1 aliphatic carbocycles. The van der Waals surface area contributed by atoms with Crippen LogP contribution in [0.2, 0.25) is 0 Å². The van der Waals surface area contributed by atoms with Gasteiger partial charge in [0.15, 0.2) is 0 Å². The van der Waals surface area contributed by atoms with Gasteiger partial charge in [0, 0.05) is 26.0 Å². The molecule has 0 aromatic heterocycles. The van der Waals surface area contributed by atoms with Gasteiger partial charge in [0.1, 0.15) is 0 Å². The van der Waals surface area contributed by atoms with Gasteiger partial charge in [0.05, 0.1) is 6.61 Å². The maximum atomic E-state index is 9.20. The summed E-state index contributed by atoms with van der Waals surface area (Å²) in [4.78, 5) is 0. The zero-order valence-electron chi connectivity index (χ0n) is 8.83. The Morgan fingerprint density at radius 3 is 2.80 bits per heavy atom. The predicted molar refractivity (Wildman–Crippen MR) is 55.9 cm³/mol. The quantitative estimate of drug-likeness (QED) is 0.754. The fraction of sp³-hybridized carbons (Fsp3) is 0.500. The molecule has 83 valence electrons. The van der Waals surface area contributed by atoms with Crippen LogP contribution in [0.5, 0.6) is 0 Å². The van der Waals surface area contributed by atoms with Gasteiger partial charge in [0.25, 0.3) is 0 Å². The van der Waals surface area contributed by atoms with Crippen molar-refractivity contribution in [3.8, 4) is 0 Å². The topological polar surface area (TPSA) is 46.2 Å². The van der Waals surface area contributed by atoms with Crippen molar-refractivity contribution in [1.29, 1.82) is 0 Å². The van der Waals surface area contributed by atoms with E-state index in [1.807, 2.05) is 19.1 Å². The number of nitrogens with two attached hydrogens (primary N) is 1. The molecule has 15 heavy (non-hydrogen) atoms. The number of hydrogen-bond donors (Lipinski definition) is 2. The molecule has 0 bridgehead atoms. The third kappa shape index (κ3) is 2.49. The molecule has 3 heteroatoms. The Bertz CT molecular complexity index is 313. The molecule has 0 aliphatic heterocycles. The molecule has 3 N–H and O–H groups in total. The Kier molecular flexibility index (Phi) is 4.08. The summed E-state index contributed by atoms with van der Waals surface area (Å²) in [5.41, 5.74) is 8.28. The van der Waals surface area contributed by atoms with Gasteiger partial charge < -0.3 is 10.8 Å². The van der Waals surface area contributed by atoms with Crippen molar-refractivity contribution in [2.45, 2.75) is 25.3 Å². The molecule has 0 spiro atoms. The Morgan fingerprint density at radius 2 is 2.20 bits per heavy atom. The van der Waals surface area contributed by atoms with Gasteiger partial charge in [-0.2, -0.15) is 35.4 Å². The van der Waals surface area contributed by atoms with E-state index in [4.69, 9.17) is 5.73 Å². The van der Waals surface area contributed by atoms with Crippen LogP contribution in [0.15, 0.2) is 18.2 Å². The zero-order valence-corrected chi connectivity index (χ0v) is 11.5. The minimum Gasteiger partial charge on any atom is -0.394 e. The average molecular weight is 376 g/mol. The molecule has 1 radical (unpaired) electrons. The molecule has 0 saturated carbocycles. The van der Waals surface area contributed by atoms with Crippen molar-refractivity contribution in [3.05, 3.63) is 35.4 Å². The number of aliphatic hydroxyl groups excluding tert-OH is 1. The van der Waals surface area contributed by atoms with Gasteiger partial charge in [-0.1, -0.05) is 6.42 Å². The van der Waals surface area contributed by atoms with Crippen LogP contribution < -0.4 is 5.73 Å². The van der Waals surface area contributed by atoms with Crippen LogP contribution in [0.25, 0.3) is 0 Å². The number of rotatable bonds is 2. The molecule has 1 aromatic carbocycles. The molecule has 2 rings (SSSR count). The summed E-state index contributed by atoms with van der Waals surface area (Å²) >= 11 is 0. The van der Waals surface area contributed by atoms with Crippen molar-refractivity contribution in [3.63, 3.8) is 0 Å². The van der Waals surface area contributed by atoms with Crippen LogP contribution in [-0.4, -0.2) is 17.3 Å². The van der Waals surface area contributed by atoms with E-state index in [0.29, 0.717) is 5.92 Å². The summed E-state index contributed by atoms with van der Waals surface area (Å²) < 4.78 is 0. The average Bonchev–Trinajstić information content (AvgIpc) is 2.61. The Labute approximate surface area is 105 Å². The summed E-state index contributed by atoms with van der Waals surface area (Å²) in [5.74, 6) is 0.360. The summed E-state index contributed by atoms with van der Waals surface area (Å²) in [6.07, 6.45) is 1.96. The minimum atomic E-state index is -0.459. The van der Waals surface area contributed by atoms with E-state index in [-0.39, 0.29) is 27.0 Å². The second kappa shape index (κ2) is 4.76. The van der Waals surface area contributed by atoms with E-state index in [2.05, 4.69) is 12.1 Å². The third-order valence-electron chi connectivity index (χ3n) is 3.26. The van der Waals surface area contributed by atoms with Crippen molar-refractivity contribution in [2.24, 2.45) is 11.7 Å². The standard InChI is InChI=1S/C12H16NO.Re/c1-12(13,8-14)11-6-9-4-2-3-5-10(9)7-11;/h2,4-5,11,14H,6-8,13H2,1H3;/q-1;. The maximum Gasteiger partial charge on any atom is 0.0611 e. The molecule has 2 atom stereocenters. The first kappa shape index (κ1) is 12.9. The van der Waals surface area contributed by atoms with Gasteiger partial charge >= 0.3 is 0 Å². The number of hydrogen-bond acceptors (Lipinski definition) is 2. The molecule has 1 aliphatic rings. The van der Waals surface area contributed by atoms with E-state index >= 15 is 0 Å². The number of aliphatic hydroxyl groups is 1. The molecule has 1 aromatic rings. The Hall–Kier alpha value is -0.198. The molecule has 0 amide bonds. The monoisotopic (exact) mass is 377 g/mol. The Morgan fingerprint density at radius 1 is 1.53 bits per heavy atom. The third-order valence-corrected chi connectivity index (χ3v) is 3.26. The van der Waals surface area contributed by atoms with Crippen molar-refractivity contribution < 1.29 is 25.5 Å². The summed E-state index contributed by atoms with van der Waals surface area (Å²) in [6, 6.07) is 9.15. The van der Waals surface area contributed by atoms with Gasteiger partial charge in [-0.25, -0.2) is 0 Å². The first-order valence-corrected chi connectivity index (χ1v) is 5.01. The van der Waals surface area contributed by atoms with Gasteiger partial charge in [-0.15, -0.1) is 0 Å². The SMILES string of the molecule is CC(N)(CO)C1Cc2c[c-]ccc2C1.[Re]. The molecule has 2 nitrogen and oxygen atoms in total. The van der Waals surface area contributed by atoms with Gasteiger partial charge in [-0.3, -0.25) is 0 Å². The molecule has 0 fully saturated rings. The van der Waals surface area contributed by atoms with E-state index < -0.39 is 5.54 Å². The van der Waals surface area contributed by atoms with E-state index in [1.54, 1.807) is 0 Å². The molecule has 2 unspecified atom stereocenters. The van der Waals surface area contributed by atoms with Crippen LogP contribution in [0.4, 0.5) is 0 Å². The van der Waals surface area contributed by atoms with Crippen molar-refractivity contribution in [2.75, 3.05) is 6.61 Å². The molecule has 0 saturated heterocycles. The van der Waals surface area contributed by atoms with E-state index in [9.17, 15) is 5.11 Å². The fourth-order valence-corrected chi connectivity index (χ4v) is 2.08. The predicted octanol–water partition coefficient (Wildman–Crippen LogP) is 0.909. The van der Waals surface area contributed by atoms with Crippen molar-refractivity contribution >= 4 is 0 Å². The number of fused-ring (bicyclic) bond motifs is 1. The second-order valence-electron chi connectivity index (χ2n) is 4.46. The molecular formula is C12H16NORe-. The minimum absolute atomic E-state index is 0. The summed E-state index contributed by atoms with van der Waals surface area (Å²) in [5, 5.41) is 9.20. The zero-order chi connectivity index (χ0) is 10.2. The van der Waals surface area contributed by atoms with Gasteiger partial charge in [-0.05, 0) is 19.3 Å². The smallest absolute Gasteiger partial charge is 0.0611 e. The van der Waals surface area contributed by atoms with Crippen LogP contribution >= 0.6 is 0 Å². The summed E-state index contributed by atoms with van der Waals surface area (Å²) in [7, 11) is 0. The van der Waals surface area contributed by atoms with Crippen LogP contribution in [0, 0.1) is 12.0 Å². The van der Waals surface area contributed by atoms with E-state index in [0.717, 1.165) is 12.8 Å². The normalized spacial score (nSPS) is 22.7. The number of benzene rings is 1. The van der Waals surface area contributed by atoms with Crippen LogP contribution in [-0.2, 0) is 33.3 Å². The van der Waals surface area contributed by atoms with E-state index in [1.165, 1.54) is 11.1 Å². The first-order valence-electron chi connectivity index (χ1n) is 5.01. The summed E-state index contributed by atoms with van der Waals surface area (Å²) in [6.45, 7) is 1.97. The fourth-order valence-electron chi connectivity index (χ4n) is 2.08. The van der Waals surface area contributed by atoms with Crippen LogP contribution in [0.3, 0.4) is 0 Å². The maximum absolute atomic E-state index is 9.20. The largest absolute Gasteiger partial charge is 0.394 e. The van der Waals surface area contributed by atoms with Crippen molar-refractivity contribution in [1.82, 2.24) is 0 Å². The molecule has 0 heterocycles.